The number of hydrogen-bond donors (Lipinski definition) is 2. The largest absolute Gasteiger partial charge is 0.314 e. The summed E-state index contributed by atoms with van der Waals surface area (Å²) in [7, 11) is -3.26. The quantitative estimate of drug-likeness (QED) is 0.700. The molecule has 0 radical (unpaired) electrons. The number of unbranched alkanes of at least 4 members (excludes halogenated alkanes) is 1. The summed E-state index contributed by atoms with van der Waals surface area (Å²) in [5, 5.41) is 3.39. The monoisotopic (exact) mass is 360 g/mol. The highest BCUT2D eigenvalue weighted by molar-refractivity contribution is 9.10. The summed E-state index contributed by atoms with van der Waals surface area (Å²) in [5.41, 5.74) is 1.56. The molecule has 0 aromatic heterocycles. The molecule has 0 amide bonds. The normalized spacial score (nSPS) is 15.3. The fourth-order valence-electron chi connectivity index (χ4n) is 1.95. The lowest BCUT2D eigenvalue weighted by molar-refractivity contribution is 0.591. The van der Waals surface area contributed by atoms with Gasteiger partial charge in [0, 0.05) is 10.5 Å². The highest BCUT2D eigenvalue weighted by Gasteiger charge is 2.19. The van der Waals surface area contributed by atoms with E-state index in [1.54, 1.807) is 6.07 Å². The second kappa shape index (κ2) is 6.91. The van der Waals surface area contributed by atoms with Crippen LogP contribution in [0.3, 0.4) is 0 Å². The molecule has 0 spiro atoms. The standard InChI is InChI=1S/C14H21BrN2O2S/c1-11-13(15)5-4-6-14(11)17-20(18,19)10-3-2-9-16-12-7-8-12/h4-6,12,16-17H,2-3,7-10H2,1H3. The molecular weight excluding hydrogens is 340 g/mol. The van der Waals surface area contributed by atoms with Crippen molar-refractivity contribution in [2.45, 2.75) is 38.6 Å². The molecule has 4 nitrogen and oxygen atoms in total. The maximum Gasteiger partial charge on any atom is 0.232 e. The first-order valence-electron chi connectivity index (χ1n) is 6.97. The molecule has 0 saturated heterocycles. The second-order valence-electron chi connectivity index (χ2n) is 5.27. The summed E-state index contributed by atoms with van der Waals surface area (Å²) < 4.78 is 27.6. The van der Waals surface area contributed by atoms with Gasteiger partial charge in [-0.25, -0.2) is 8.42 Å². The topological polar surface area (TPSA) is 58.2 Å². The van der Waals surface area contributed by atoms with Crippen LogP contribution in [0.25, 0.3) is 0 Å². The van der Waals surface area contributed by atoms with E-state index in [4.69, 9.17) is 0 Å². The van der Waals surface area contributed by atoms with Crippen LogP contribution >= 0.6 is 15.9 Å². The third-order valence-electron chi connectivity index (χ3n) is 3.38. The van der Waals surface area contributed by atoms with Gasteiger partial charge in [0.05, 0.1) is 11.4 Å². The lowest BCUT2D eigenvalue weighted by atomic mass is 10.2. The van der Waals surface area contributed by atoms with Gasteiger partial charge in [-0.2, -0.15) is 0 Å². The van der Waals surface area contributed by atoms with Gasteiger partial charge in [0.25, 0.3) is 0 Å². The molecule has 112 valence electrons. The van der Waals surface area contributed by atoms with Crippen molar-refractivity contribution in [2.24, 2.45) is 0 Å². The highest BCUT2D eigenvalue weighted by Crippen LogP contribution is 2.24. The number of sulfonamides is 1. The van der Waals surface area contributed by atoms with Crippen molar-refractivity contribution in [1.82, 2.24) is 5.32 Å². The predicted octanol–water partition coefficient (Wildman–Crippen LogP) is 3.03. The van der Waals surface area contributed by atoms with Crippen LogP contribution in [-0.4, -0.2) is 26.8 Å². The zero-order chi connectivity index (χ0) is 14.6. The van der Waals surface area contributed by atoms with Crippen molar-refractivity contribution < 1.29 is 8.42 Å². The van der Waals surface area contributed by atoms with Gasteiger partial charge in [-0.3, -0.25) is 4.72 Å². The molecule has 2 N–H and O–H groups in total. The van der Waals surface area contributed by atoms with Crippen molar-refractivity contribution in [2.75, 3.05) is 17.0 Å². The van der Waals surface area contributed by atoms with Crippen molar-refractivity contribution in [1.29, 1.82) is 0 Å². The van der Waals surface area contributed by atoms with Crippen LogP contribution in [0.2, 0.25) is 0 Å². The molecule has 0 heterocycles. The number of nitrogens with one attached hydrogen (secondary N) is 2. The van der Waals surface area contributed by atoms with E-state index in [9.17, 15) is 8.42 Å². The zero-order valence-corrected chi connectivity index (χ0v) is 14.1. The number of halogens is 1. The SMILES string of the molecule is Cc1c(Br)cccc1NS(=O)(=O)CCCCNC1CC1. The molecule has 0 aliphatic heterocycles. The minimum Gasteiger partial charge on any atom is -0.314 e. The molecule has 2 rings (SSSR count). The maximum absolute atomic E-state index is 12.0. The number of benzene rings is 1. The van der Waals surface area contributed by atoms with E-state index in [-0.39, 0.29) is 5.75 Å². The van der Waals surface area contributed by atoms with Crippen LogP contribution in [0.1, 0.15) is 31.2 Å². The fraction of sp³-hybridized carbons (Fsp3) is 0.571. The Morgan fingerprint density at radius 3 is 2.75 bits per heavy atom. The van der Waals surface area contributed by atoms with Gasteiger partial charge >= 0.3 is 0 Å². The van der Waals surface area contributed by atoms with E-state index in [2.05, 4.69) is 26.0 Å². The first-order valence-corrected chi connectivity index (χ1v) is 9.41. The van der Waals surface area contributed by atoms with Crippen LogP contribution in [-0.2, 0) is 10.0 Å². The maximum atomic E-state index is 12.0. The van der Waals surface area contributed by atoms with Gasteiger partial charge in [0.2, 0.25) is 10.0 Å². The molecule has 0 atom stereocenters. The molecule has 20 heavy (non-hydrogen) atoms. The first-order chi connectivity index (χ1) is 9.48. The molecular formula is C14H21BrN2O2S. The Labute approximate surface area is 129 Å². The summed E-state index contributed by atoms with van der Waals surface area (Å²) in [4.78, 5) is 0. The van der Waals surface area contributed by atoms with E-state index in [0.717, 1.165) is 23.0 Å². The molecule has 1 aromatic carbocycles. The Morgan fingerprint density at radius 1 is 1.30 bits per heavy atom. The molecule has 1 aliphatic carbocycles. The lowest BCUT2D eigenvalue weighted by Crippen LogP contribution is -2.20. The van der Waals surface area contributed by atoms with Gasteiger partial charge in [0.1, 0.15) is 0 Å². The van der Waals surface area contributed by atoms with Gasteiger partial charge in [-0.1, -0.05) is 22.0 Å². The van der Waals surface area contributed by atoms with Crippen LogP contribution in [0.4, 0.5) is 5.69 Å². The molecule has 1 saturated carbocycles. The second-order valence-corrected chi connectivity index (χ2v) is 7.97. The Kier molecular flexibility index (Phi) is 5.46. The van der Waals surface area contributed by atoms with E-state index in [1.807, 2.05) is 19.1 Å². The summed E-state index contributed by atoms with van der Waals surface area (Å²) in [5.74, 6) is 0.172. The van der Waals surface area contributed by atoms with E-state index < -0.39 is 10.0 Å². The third kappa shape index (κ3) is 5.07. The van der Waals surface area contributed by atoms with Crippen molar-refractivity contribution in [3.05, 3.63) is 28.2 Å². The van der Waals surface area contributed by atoms with E-state index in [1.165, 1.54) is 12.8 Å². The van der Waals surface area contributed by atoms with Crippen molar-refractivity contribution >= 4 is 31.6 Å². The van der Waals surface area contributed by atoms with Gasteiger partial charge < -0.3 is 5.32 Å². The van der Waals surface area contributed by atoms with Crippen molar-refractivity contribution in [3.8, 4) is 0 Å². The van der Waals surface area contributed by atoms with Gasteiger partial charge in [-0.05, 0) is 56.8 Å². The summed E-state index contributed by atoms with van der Waals surface area (Å²) in [6, 6.07) is 6.20. The van der Waals surface area contributed by atoms with Crippen molar-refractivity contribution in [3.63, 3.8) is 0 Å². The highest BCUT2D eigenvalue weighted by atomic mass is 79.9. The Hall–Kier alpha value is -0.590. The molecule has 1 aliphatic rings. The first kappa shape index (κ1) is 15.8. The van der Waals surface area contributed by atoms with Crippen LogP contribution in [0.15, 0.2) is 22.7 Å². The Morgan fingerprint density at radius 2 is 2.05 bits per heavy atom. The van der Waals surface area contributed by atoms with Crippen LogP contribution in [0.5, 0.6) is 0 Å². The Bertz CT molecular complexity index is 556. The third-order valence-corrected chi connectivity index (χ3v) is 5.60. The fourth-order valence-corrected chi connectivity index (χ4v) is 3.56. The van der Waals surface area contributed by atoms with Gasteiger partial charge in [0.15, 0.2) is 0 Å². The van der Waals surface area contributed by atoms with E-state index in [0.29, 0.717) is 18.2 Å². The molecule has 1 aromatic rings. The molecule has 0 unspecified atom stereocenters. The smallest absolute Gasteiger partial charge is 0.232 e. The summed E-state index contributed by atoms with van der Waals surface area (Å²) >= 11 is 3.40. The average Bonchev–Trinajstić information content (AvgIpc) is 3.18. The Balaban J connectivity index is 1.78. The van der Waals surface area contributed by atoms with Gasteiger partial charge in [-0.15, -0.1) is 0 Å². The lowest BCUT2D eigenvalue weighted by Gasteiger charge is -2.11. The average molecular weight is 361 g/mol. The minimum absolute atomic E-state index is 0.172. The molecule has 0 bridgehead atoms. The number of anilines is 1. The zero-order valence-electron chi connectivity index (χ0n) is 11.7. The van der Waals surface area contributed by atoms with Crippen LogP contribution in [0, 0.1) is 6.92 Å². The number of hydrogen-bond acceptors (Lipinski definition) is 3. The number of rotatable bonds is 8. The predicted molar refractivity (Wildman–Crippen MR) is 86.5 cm³/mol. The molecule has 6 heteroatoms. The summed E-state index contributed by atoms with van der Waals surface area (Å²) in [6.45, 7) is 2.80. The molecule has 1 fully saturated rings. The van der Waals surface area contributed by atoms with Crippen LogP contribution < -0.4 is 10.0 Å². The van der Waals surface area contributed by atoms with E-state index >= 15 is 0 Å². The minimum atomic E-state index is -3.26. The summed E-state index contributed by atoms with van der Waals surface area (Å²) in [6.07, 6.45) is 4.11.